The smallest absolute Gasteiger partial charge is 0.261 e. The number of nitrogens with one attached hydrogen (secondary N) is 1. The van der Waals surface area contributed by atoms with E-state index in [-0.39, 0.29) is 25.0 Å². The number of benzene rings is 2. The van der Waals surface area contributed by atoms with Gasteiger partial charge >= 0.3 is 0 Å². The van der Waals surface area contributed by atoms with E-state index in [9.17, 15) is 9.59 Å². The Morgan fingerprint density at radius 3 is 2.54 bits per heavy atom. The fourth-order valence-corrected chi connectivity index (χ4v) is 2.99. The molecule has 2 aromatic rings. The van der Waals surface area contributed by atoms with Gasteiger partial charge in [0.2, 0.25) is 5.91 Å². The second kappa shape index (κ2) is 10.3. The number of carbonyl (C=O) groups is 2. The Kier molecular flexibility index (Phi) is 8.15. The molecule has 0 saturated carbocycles. The average Bonchev–Trinajstić information content (AvgIpc) is 2.66. The van der Waals surface area contributed by atoms with Crippen LogP contribution in [0, 0.1) is 6.92 Å². The second-order valence-electron chi connectivity index (χ2n) is 6.45. The second-order valence-corrected chi connectivity index (χ2v) is 7.26. The van der Waals surface area contributed by atoms with E-state index in [0.717, 1.165) is 11.1 Å². The van der Waals surface area contributed by atoms with Crippen molar-refractivity contribution in [1.82, 2.24) is 10.2 Å². The summed E-state index contributed by atoms with van der Waals surface area (Å²) in [5.74, 6) is 0.0753. The van der Waals surface area contributed by atoms with Crippen LogP contribution in [-0.4, -0.2) is 35.9 Å². The van der Waals surface area contributed by atoms with Crippen molar-refractivity contribution >= 4 is 35.0 Å². The molecule has 1 atom stereocenters. The van der Waals surface area contributed by atoms with Crippen LogP contribution in [0.25, 0.3) is 0 Å². The highest BCUT2D eigenvalue weighted by Gasteiger charge is 2.26. The van der Waals surface area contributed by atoms with Crippen LogP contribution in [0.2, 0.25) is 10.0 Å². The van der Waals surface area contributed by atoms with E-state index in [1.54, 1.807) is 31.2 Å². The molecule has 5 nitrogen and oxygen atoms in total. The lowest BCUT2D eigenvalue weighted by molar-refractivity contribution is -0.142. The molecule has 2 rings (SSSR count). The predicted octanol–water partition coefficient (Wildman–Crippen LogP) is 4.23. The number of hydrogen-bond acceptors (Lipinski definition) is 3. The van der Waals surface area contributed by atoms with Crippen molar-refractivity contribution in [3.63, 3.8) is 0 Å². The molecule has 0 aliphatic carbocycles. The van der Waals surface area contributed by atoms with Gasteiger partial charge in [0.25, 0.3) is 5.91 Å². The molecule has 150 valence electrons. The minimum absolute atomic E-state index is 0.172. The van der Waals surface area contributed by atoms with E-state index in [0.29, 0.717) is 22.3 Å². The summed E-state index contributed by atoms with van der Waals surface area (Å²) in [6.07, 6.45) is 0. The third-order valence-electron chi connectivity index (χ3n) is 4.21. The number of amides is 2. The maximum absolute atomic E-state index is 12.9. The number of aryl methyl sites for hydroxylation is 1. The Morgan fingerprint density at radius 1 is 1.14 bits per heavy atom. The molecule has 1 N–H and O–H groups in total. The zero-order valence-corrected chi connectivity index (χ0v) is 17.7. The summed E-state index contributed by atoms with van der Waals surface area (Å²) in [5, 5.41) is 3.58. The summed E-state index contributed by atoms with van der Waals surface area (Å²) in [6, 6.07) is 11.9. The van der Waals surface area contributed by atoms with E-state index >= 15 is 0 Å². The van der Waals surface area contributed by atoms with Gasteiger partial charge in [-0.3, -0.25) is 9.59 Å². The lowest BCUT2D eigenvalue weighted by Crippen LogP contribution is -2.49. The van der Waals surface area contributed by atoms with Crippen LogP contribution in [-0.2, 0) is 16.1 Å². The van der Waals surface area contributed by atoms with Crippen LogP contribution >= 0.6 is 23.2 Å². The summed E-state index contributed by atoms with van der Waals surface area (Å²) >= 11 is 12.1. The first-order valence-electron chi connectivity index (χ1n) is 9.02. The highest BCUT2D eigenvalue weighted by molar-refractivity contribution is 6.42. The minimum Gasteiger partial charge on any atom is -0.484 e. The average molecular weight is 423 g/mol. The molecule has 0 aliphatic rings. The highest BCUT2D eigenvalue weighted by Crippen LogP contribution is 2.24. The summed E-state index contributed by atoms with van der Waals surface area (Å²) in [5.41, 5.74) is 1.81. The SMILES string of the molecule is CCNC(=O)C(C)N(Cc1ccc(Cl)c(Cl)c1)C(=O)COc1cccc(C)c1. The first kappa shape index (κ1) is 22.1. The third-order valence-corrected chi connectivity index (χ3v) is 4.95. The van der Waals surface area contributed by atoms with E-state index in [1.165, 1.54) is 4.90 Å². The molecule has 0 radical (unpaired) electrons. The lowest BCUT2D eigenvalue weighted by Gasteiger charge is -2.28. The van der Waals surface area contributed by atoms with E-state index in [2.05, 4.69) is 5.32 Å². The van der Waals surface area contributed by atoms with Crippen molar-refractivity contribution < 1.29 is 14.3 Å². The van der Waals surface area contributed by atoms with Crippen LogP contribution in [0.5, 0.6) is 5.75 Å². The Balaban J connectivity index is 2.17. The van der Waals surface area contributed by atoms with Gasteiger partial charge in [0, 0.05) is 13.1 Å². The van der Waals surface area contributed by atoms with Gasteiger partial charge in [0.05, 0.1) is 10.0 Å². The summed E-state index contributed by atoms with van der Waals surface area (Å²) in [7, 11) is 0. The third kappa shape index (κ3) is 6.14. The number of hydrogen-bond donors (Lipinski definition) is 1. The summed E-state index contributed by atoms with van der Waals surface area (Å²) in [6.45, 7) is 5.99. The van der Waals surface area contributed by atoms with Crippen molar-refractivity contribution in [1.29, 1.82) is 0 Å². The van der Waals surface area contributed by atoms with Gasteiger partial charge in [0.1, 0.15) is 11.8 Å². The number of rotatable bonds is 8. The molecular weight excluding hydrogens is 399 g/mol. The molecule has 7 heteroatoms. The van der Waals surface area contributed by atoms with Crippen LogP contribution in [0.15, 0.2) is 42.5 Å². The highest BCUT2D eigenvalue weighted by atomic mass is 35.5. The van der Waals surface area contributed by atoms with Gasteiger partial charge in [0.15, 0.2) is 6.61 Å². The van der Waals surface area contributed by atoms with Gasteiger partial charge in [-0.05, 0) is 56.2 Å². The topological polar surface area (TPSA) is 58.6 Å². The van der Waals surface area contributed by atoms with E-state index in [1.807, 2.05) is 32.0 Å². The number of nitrogens with zero attached hydrogens (tertiary/aromatic N) is 1. The van der Waals surface area contributed by atoms with Gasteiger partial charge in [-0.1, -0.05) is 41.4 Å². The first-order valence-corrected chi connectivity index (χ1v) is 9.78. The number of ether oxygens (including phenoxy) is 1. The molecule has 0 fully saturated rings. The monoisotopic (exact) mass is 422 g/mol. The fourth-order valence-electron chi connectivity index (χ4n) is 2.67. The van der Waals surface area contributed by atoms with Gasteiger partial charge in [-0.25, -0.2) is 0 Å². The predicted molar refractivity (Wildman–Crippen MR) is 112 cm³/mol. The molecule has 2 aromatic carbocycles. The number of halogens is 2. The Hall–Kier alpha value is -2.24. The molecule has 0 heterocycles. The standard InChI is InChI=1S/C21H24Cl2N2O3/c1-4-24-21(27)15(3)25(12-16-8-9-18(22)19(23)11-16)20(26)13-28-17-7-5-6-14(2)10-17/h5-11,15H,4,12-13H2,1-3H3,(H,24,27). The van der Waals surface area contributed by atoms with Crippen molar-refractivity contribution in [3.8, 4) is 5.75 Å². The Bertz CT molecular complexity index is 842. The number of carbonyl (C=O) groups excluding carboxylic acids is 2. The largest absolute Gasteiger partial charge is 0.484 e. The molecule has 0 spiro atoms. The maximum Gasteiger partial charge on any atom is 0.261 e. The zero-order valence-electron chi connectivity index (χ0n) is 16.2. The molecule has 0 aliphatic heterocycles. The molecule has 0 aromatic heterocycles. The van der Waals surface area contributed by atoms with Crippen LogP contribution < -0.4 is 10.1 Å². The van der Waals surface area contributed by atoms with Crippen LogP contribution in [0.4, 0.5) is 0 Å². The lowest BCUT2D eigenvalue weighted by atomic mass is 10.1. The molecule has 1 unspecified atom stereocenters. The normalized spacial score (nSPS) is 11.6. The van der Waals surface area contributed by atoms with Crippen LogP contribution in [0.3, 0.4) is 0 Å². The molecular formula is C21H24Cl2N2O3. The van der Waals surface area contributed by atoms with Gasteiger partial charge in [-0.2, -0.15) is 0 Å². The minimum atomic E-state index is -0.664. The summed E-state index contributed by atoms with van der Waals surface area (Å²) in [4.78, 5) is 26.7. The van der Waals surface area contributed by atoms with Crippen molar-refractivity contribution in [2.75, 3.05) is 13.2 Å². The summed E-state index contributed by atoms with van der Waals surface area (Å²) < 4.78 is 5.63. The Labute approximate surface area is 175 Å². The van der Waals surface area contributed by atoms with E-state index in [4.69, 9.17) is 27.9 Å². The van der Waals surface area contributed by atoms with Crippen molar-refractivity contribution in [3.05, 3.63) is 63.6 Å². The fraction of sp³-hybridized carbons (Fsp3) is 0.333. The molecule has 28 heavy (non-hydrogen) atoms. The molecule has 0 bridgehead atoms. The first-order chi connectivity index (χ1) is 13.3. The molecule has 2 amide bonds. The maximum atomic E-state index is 12.9. The number of likely N-dealkylation sites (N-methyl/N-ethyl adjacent to an activating group) is 1. The quantitative estimate of drug-likeness (QED) is 0.691. The Morgan fingerprint density at radius 2 is 1.89 bits per heavy atom. The van der Waals surface area contributed by atoms with Gasteiger partial charge < -0.3 is 15.0 Å². The zero-order chi connectivity index (χ0) is 20.7. The van der Waals surface area contributed by atoms with Crippen molar-refractivity contribution in [2.24, 2.45) is 0 Å². The van der Waals surface area contributed by atoms with E-state index < -0.39 is 6.04 Å². The van der Waals surface area contributed by atoms with Crippen molar-refractivity contribution in [2.45, 2.75) is 33.4 Å². The molecule has 0 saturated heterocycles. The van der Waals surface area contributed by atoms with Crippen LogP contribution in [0.1, 0.15) is 25.0 Å². The van der Waals surface area contributed by atoms with Gasteiger partial charge in [-0.15, -0.1) is 0 Å².